The highest BCUT2D eigenvalue weighted by Gasteiger charge is 2.27. The highest BCUT2D eigenvalue weighted by Crippen LogP contribution is 2.16. The second-order valence-corrected chi connectivity index (χ2v) is 5.44. The van der Waals surface area contributed by atoms with E-state index in [1.54, 1.807) is 6.07 Å². The molecule has 0 aromatic heterocycles. The molecule has 1 aromatic carbocycles. The number of halogens is 1. The molecule has 0 aliphatic carbocycles. The van der Waals surface area contributed by atoms with Crippen LogP contribution in [-0.4, -0.2) is 24.7 Å². The average Bonchev–Trinajstić information content (AvgIpc) is 2.30. The number of aliphatic carboxylic acids is 1. The van der Waals surface area contributed by atoms with Crippen molar-refractivity contribution in [1.29, 1.82) is 5.26 Å². The van der Waals surface area contributed by atoms with Crippen LogP contribution in [0, 0.1) is 17.1 Å². The lowest BCUT2D eigenvalue weighted by molar-refractivity contribution is -0.136. The zero-order valence-electron chi connectivity index (χ0n) is 9.21. The molecule has 1 atom stereocenters. The van der Waals surface area contributed by atoms with E-state index in [0.717, 1.165) is 25.1 Å². The molecule has 0 spiro atoms. The lowest BCUT2D eigenvalue weighted by atomic mass is 10.2. The summed E-state index contributed by atoms with van der Waals surface area (Å²) < 4.78 is 38.1. The van der Waals surface area contributed by atoms with Crippen molar-refractivity contribution in [3.8, 4) is 6.07 Å². The summed E-state index contributed by atoms with van der Waals surface area (Å²) in [5, 5.41) is 15.5. The molecule has 2 N–H and O–H groups in total. The number of anilines is 1. The topological polar surface area (TPSA) is 107 Å². The van der Waals surface area contributed by atoms with Gasteiger partial charge in [-0.3, -0.25) is 9.52 Å². The fraction of sp³-hybridized carbons (Fsp3) is 0.200. The third-order valence-corrected chi connectivity index (χ3v) is 3.81. The van der Waals surface area contributed by atoms with Gasteiger partial charge in [0.25, 0.3) is 0 Å². The number of hydrogen-bond donors (Lipinski definition) is 2. The van der Waals surface area contributed by atoms with Crippen LogP contribution >= 0.6 is 0 Å². The van der Waals surface area contributed by atoms with Gasteiger partial charge in [0, 0.05) is 0 Å². The van der Waals surface area contributed by atoms with Crippen LogP contribution in [0.2, 0.25) is 0 Å². The second-order valence-electron chi connectivity index (χ2n) is 3.43. The Morgan fingerprint density at radius 3 is 2.67 bits per heavy atom. The van der Waals surface area contributed by atoms with E-state index in [1.807, 2.05) is 4.72 Å². The number of hydrogen-bond acceptors (Lipinski definition) is 4. The van der Waals surface area contributed by atoms with Gasteiger partial charge in [-0.05, 0) is 25.1 Å². The molecule has 0 aliphatic heterocycles. The predicted molar refractivity (Wildman–Crippen MR) is 60.8 cm³/mol. The summed E-state index contributed by atoms with van der Waals surface area (Å²) in [6, 6.07) is 4.55. The Balaban J connectivity index is 3.06. The Morgan fingerprint density at radius 2 is 2.17 bits per heavy atom. The first kappa shape index (κ1) is 13.9. The van der Waals surface area contributed by atoms with Gasteiger partial charge in [0.1, 0.15) is 11.9 Å². The van der Waals surface area contributed by atoms with Gasteiger partial charge in [-0.15, -0.1) is 0 Å². The van der Waals surface area contributed by atoms with Gasteiger partial charge in [0.15, 0.2) is 5.25 Å². The molecule has 0 saturated heterocycles. The van der Waals surface area contributed by atoms with E-state index in [4.69, 9.17) is 10.4 Å². The van der Waals surface area contributed by atoms with Crippen LogP contribution in [0.25, 0.3) is 0 Å². The molecule has 0 aliphatic rings. The summed E-state index contributed by atoms with van der Waals surface area (Å²) in [6.07, 6.45) is 0. The van der Waals surface area contributed by atoms with E-state index in [9.17, 15) is 17.6 Å². The molecule has 0 radical (unpaired) electrons. The maximum Gasteiger partial charge on any atom is 0.323 e. The van der Waals surface area contributed by atoms with Crippen LogP contribution in [0.1, 0.15) is 12.5 Å². The quantitative estimate of drug-likeness (QED) is 0.847. The molecule has 6 nitrogen and oxygen atoms in total. The highest BCUT2D eigenvalue weighted by atomic mass is 32.2. The molecular weight excluding hydrogens is 263 g/mol. The Bertz CT molecular complexity index is 621. The fourth-order valence-electron chi connectivity index (χ4n) is 1.06. The average molecular weight is 272 g/mol. The number of rotatable bonds is 4. The van der Waals surface area contributed by atoms with E-state index < -0.39 is 27.1 Å². The van der Waals surface area contributed by atoms with Gasteiger partial charge in [-0.25, -0.2) is 12.8 Å². The molecular formula is C10H9FN2O4S. The Kier molecular flexibility index (Phi) is 3.88. The molecule has 1 rings (SSSR count). The molecule has 0 amide bonds. The molecule has 1 unspecified atom stereocenters. The summed E-state index contributed by atoms with van der Waals surface area (Å²) in [4.78, 5) is 10.6. The maximum absolute atomic E-state index is 13.0. The normalized spacial score (nSPS) is 12.5. The lowest BCUT2D eigenvalue weighted by Crippen LogP contribution is -2.32. The number of nitrogens with one attached hydrogen (secondary N) is 1. The summed E-state index contributed by atoms with van der Waals surface area (Å²) in [5.41, 5.74) is -0.403. The molecule has 0 fully saturated rings. The first-order valence-corrected chi connectivity index (χ1v) is 6.26. The van der Waals surface area contributed by atoms with Crippen molar-refractivity contribution >= 4 is 21.7 Å². The Hall–Kier alpha value is -2.14. The van der Waals surface area contributed by atoms with Gasteiger partial charge in [0.2, 0.25) is 10.0 Å². The number of sulfonamides is 1. The molecule has 0 bridgehead atoms. The minimum Gasteiger partial charge on any atom is -0.480 e. The number of nitriles is 1. The largest absolute Gasteiger partial charge is 0.480 e. The van der Waals surface area contributed by atoms with E-state index in [2.05, 4.69) is 0 Å². The first-order chi connectivity index (χ1) is 8.27. The van der Waals surface area contributed by atoms with Crippen molar-refractivity contribution in [2.45, 2.75) is 12.2 Å². The van der Waals surface area contributed by atoms with Crippen molar-refractivity contribution in [2.24, 2.45) is 0 Å². The number of carboxylic acids is 1. The zero-order valence-corrected chi connectivity index (χ0v) is 10.0. The van der Waals surface area contributed by atoms with Crippen molar-refractivity contribution in [3.63, 3.8) is 0 Å². The second kappa shape index (κ2) is 5.01. The Morgan fingerprint density at radius 1 is 1.56 bits per heavy atom. The SMILES string of the molecule is CC(C(=O)O)S(=O)(=O)Nc1ccc(F)c(C#N)c1. The molecule has 8 heteroatoms. The highest BCUT2D eigenvalue weighted by molar-refractivity contribution is 7.94. The van der Waals surface area contributed by atoms with Crippen molar-refractivity contribution < 1.29 is 22.7 Å². The molecule has 1 aromatic rings. The predicted octanol–water partition coefficient (Wildman–Crippen LogP) is 0.912. The lowest BCUT2D eigenvalue weighted by Gasteiger charge is -2.11. The number of carboxylic acid groups (broad SMARTS) is 1. The maximum atomic E-state index is 13.0. The molecule has 0 saturated carbocycles. The third kappa shape index (κ3) is 2.95. The summed E-state index contributed by atoms with van der Waals surface area (Å²) in [7, 11) is -4.13. The monoisotopic (exact) mass is 272 g/mol. The van der Waals surface area contributed by atoms with Crippen LogP contribution < -0.4 is 4.72 Å². The van der Waals surface area contributed by atoms with Crippen molar-refractivity contribution in [3.05, 3.63) is 29.6 Å². The van der Waals surface area contributed by atoms with Crippen molar-refractivity contribution in [1.82, 2.24) is 0 Å². The summed E-state index contributed by atoms with van der Waals surface area (Å²) in [6.45, 7) is 0.999. The van der Waals surface area contributed by atoms with E-state index in [1.165, 1.54) is 0 Å². The standard InChI is InChI=1S/C10H9FN2O4S/c1-6(10(14)15)18(16,17)13-8-2-3-9(11)7(4-8)5-12/h2-4,6,13H,1H3,(H,14,15). The van der Waals surface area contributed by atoms with Crippen LogP contribution in [0.4, 0.5) is 10.1 Å². The van der Waals surface area contributed by atoms with Crippen molar-refractivity contribution in [2.75, 3.05) is 4.72 Å². The Labute approximate surface area is 103 Å². The van der Waals surface area contributed by atoms with Gasteiger partial charge in [-0.2, -0.15) is 5.26 Å². The van der Waals surface area contributed by atoms with E-state index in [-0.39, 0.29) is 11.3 Å². The van der Waals surface area contributed by atoms with Gasteiger partial charge >= 0.3 is 5.97 Å². The van der Waals surface area contributed by atoms with E-state index >= 15 is 0 Å². The van der Waals surface area contributed by atoms with E-state index in [0.29, 0.717) is 0 Å². The minimum absolute atomic E-state index is 0.0685. The molecule has 96 valence electrons. The molecule has 18 heavy (non-hydrogen) atoms. The van der Waals surface area contributed by atoms with Crippen LogP contribution in [0.5, 0.6) is 0 Å². The third-order valence-electron chi connectivity index (χ3n) is 2.16. The number of nitrogens with zero attached hydrogens (tertiary/aromatic N) is 1. The minimum atomic E-state index is -4.13. The van der Waals surface area contributed by atoms with Gasteiger partial charge in [0.05, 0.1) is 11.3 Å². The van der Waals surface area contributed by atoms with Gasteiger partial charge in [-0.1, -0.05) is 0 Å². The van der Waals surface area contributed by atoms with Crippen LogP contribution in [-0.2, 0) is 14.8 Å². The van der Waals surface area contributed by atoms with Crippen LogP contribution in [0.15, 0.2) is 18.2 Å². The van der Waals surface area contributed by atoms with Gasteiger partial charge < -0.3 is 5.11 Å². The number of carbonyl (C=O) groups is 1. The number of benzene rings is 1. The fourth-order valence-corrected chi connectivity index (χ4v) is 1.96. The zero-order chi connectivity index (χ0) is 13.9. The van der Waals surface area contributed by atoms with Crippen LogP contribution in [0.3, 0.4) is 0 Å². The smallest absolute Gasteiger partial charge is 0.323 e. The summed E-state index contributed by atoms with van der Waals surface area (Å²) in [5.74, 6) is -2.29. The molecule has 0 heterocycles. The summed E-state index contributed by atoms with van der Waals surface area (Å²) >= 11 is 0. The first-order valence-electron chi connectivity index (χ1n) is 4.72.